The van der Waals surface area contributed by atoms with E-state index in [9.17, 15) is 0 Å². The largest absolute Gasteiger partial charge is 0.242 e. The molecule has 3 heteroatoms. The van der Waals surface area contributed by atoms with E-state index in [0.717, 1.165) is 12.3 Å². The van der Waals surface area contributed by atoms with Gasteiger partial charge in [0.1, 0.15) is 4.83 Å². The molecule has 1 atom stereocenters. The number of hydrogen-bond acceptors (Lipinski definition) is 2. The molecule has 0 saturated carbocycles. The molecule has 2 heterocycles. The summed E-state index contributed by atoms with van der Waals surface area (Å²) >= 11 is 1.98. The lowest BCUT2D eigenvalue weighted by Crippen LogP contribution is -2.14. The quantitative estimate of drug-likeness (QED) is 0.455. The Bertz CT molecular complexity index is 972. The van der Waals surface area contributed by atoms with E-state index >= 15 is 0 Å². The fourth-order valence-electron chi connectivity index (χ4n) is 4.75. The Hall–Kier alpha value is -1.38. The first-order chi connectivity index (χ1) is 12.2. The van der Waals surface area contributed by atoms with Crippen LogP contribution in [-0.4, -0.2) is 4.98 Å². The average molecular weight is 384 g/mol. The Morgan fingerprint density at radius 2 is 1.92 bits per heavy atom. The first-order valence-electron chi connectivity index (χ1n) is 9.73. The van der Waals surface area contributed by atoms with Crippen LogP contribution < -0.4 is 0 Å². The summed E-state index contributed by atoms with van der Waals surface area (Å²) in [5.41, 5.74) is 8.82. The minimum Gasteiger partial charge on any atom is -0.242 e. The molecule has 0 spiro atoms. The predicted octanol–water partition coefficient (Wildman–Crippen LogP) is 6.70. The van der Waals surface area contributed by atoms with Crippen LogP contribution in [0.25, 0.3) is 21.3 Å². The van der Waals surface area contributed by atoms with Crippen molar-refractivity contribution >= 4 is 34.0 Å². The maximum absolute atomic E-state index is 5.18. The zero-order chi connectivity index (χ0) is 17.0. The van der Waals surface area contributed by atoms with Crippen LogP contribution in [0.15, 0.2) is 24.3 Å². The minimum atomic E-state index is 0. The number of pyridine rings is 1. The summed E-state index contributed by atoms with van der Waals surface area (Å²) in [6.45, 7) is 4.61. The molecule has 1 unspecified atom stereocenters. The third-order valence-corrected chi connectivity index (χ3v) is 7.21. The highest BCUT2D eigenvalue weighted by Crippen LogP contribution is 2.45. The smallest absolute Gasteiger partial charge is 0.124 e. The summed E-state index contributed by atoms with van der Waals surface area (Å²) in [6.07, 6.45) is 8.79. The monoisotopic (exact) mass is 383 g/mol. The summed E-state index contributed by atoms with van der Waals surface area (Å²) in [4.78, 5) is 8.09. The molecule has 0 radical (unpaired) electrons. The van der Waals surface area contributed by atoms with Crippen LogP contribution in [-0.2, 0) is 25.7 Å². The Kier molecular flexibility index (Phi) is 4.83. The molecule has 0 saturated heterocycles. The van der Waals surface area contributed by atoms with E-state index < -0.39 is 0 Å². The standard InChI is InChI=1S/C23H25NS.ClH/c1-14-6-5-7-16(12-14)21-18-13-15(2)10-11-19(18)24-23-22(21)17-8-3-4-9-20(17)25-23;/h5-7,12,15H,3-4,8-11,13H2,1-2H3;1H. The van der Waals surface area contributed by atoms with Crippen LogP contribution in [0.1, 0.15) is 53.4 Å². The Labute approximate surface area is 166 Å². The summed E-state index contributed by atoms with van der Waals surface area (Å²) in [7, 11) is 0. The highest BCUT2D eigenvalue weighted by Gasteiger charge is 2.27. The Morgan fingerprint density at radius 1 is 1.08 bits per heavy atom. The first-order valence-corrected chi connectivity index (χ1v) is 10.6. The van der Waals surface area contributed by atoms with E-state index in [1.165, 1.54) is 71.1 Å². The van der Waals surface area contributed by atoms with Gasteiger partial charge in [0.2, 0.25) is 0 Å². The third kappa shape index (κ3) is 2.88. The molecule has 26 heavy (non-hydrogen) atoms. The van der Waals surface area contributed by atoms with Gasteiger partial charge in [-0.3, -0.25) is 0 Å². The van der Waals surface area contributed by atoms with E-state index in [0.29, 0.717) is 0 Å². The Balaban J connectivity index is 0.00000168. The van der Waals surface area contributed by atoms with Gasteiger partial charge in [-0.2, -0.15) is 0 Å². The van der Waals surface area contributed by atoms with Crippen molar-refractivity contribution in [2.45, 2.75) is 58.8 Å². The molecule has 1 nitrogen and oxygen atoms in total. The predicted molar refractivity (Wildman–Crippen MR) is 115 cm³/mol. The molecule has 136 valence electrons. The van der Waals surface area contributed by atoms with Gasteiger partial charge in [0, 0.05) is 16.0 Å². The maximum Gasteiger partial charge on any atom is 0.124 e. The molecule has 0 bridgehead atoms. The van der Waals surface area contributed by atoms with Gasteiger partial charge in [-0.1, -0.05) is 36.8 Å². The number of aryl methyl sites for hydroxylation is 4. The van der Waals surface area contributed by atoms with Crippen LogP contribution in [0.3, 0.4) is 0 Å². The van der Waals surface area contributed by atoms with E-state index in [-0.39, 0.29) is 12.4 Å². The van der Waals surface area contributed by atoms with Crippen molar-refractivity contribution in [1.82, 2.24) is 4.98 Å². The molecular formula is C23H26ClNS. The molecule has 1 aromatic carbocycles. The van der Waals surface area contributed by atoms with Crippen LogP contribution in [0, 0.1) is 12.8 Å². The van der Waals surface area contributed by atoms with Crippen molar-refractivity contribution in [3.63, 3.8) is 0 Å². The van der Waals surface area contributed by atoms with Crippen LogP contribution >= 0.6 is 23.7 Å². The molecule has 0 aliphatic heterocycles. The SMILES string of the molecule is Cc1cccc(-c2c3c(nc4sc5c(c24)CCCC5)CCC(C)C3)c1.Cl. The fraction of sp³-hybridized carbons (Fsp3) is 0.435. The maximum atomic E-state index is 5.18. The highest BCUT2D eigenvalue weighted by atomic mass is 35.5. The van der Waals surface area contributed by atoms with Crippen molar-refractivity contribution < 1.29 is 0 Å². The number of halogens is 1. The topological polar surface area (TPSA) is 12.9 Å². The van der Waals surface area contributed by atoms with Gasteiger partial charge in [0.15, 0.2) is 0 Å². The van der Waals surface area contributed by atoms with Gasteiger partial charge in [-0.05, 0) is 80.0 Å². The van der Waals surface area contributed by atoms with Crippen molar-refractivity contribution in [3.05, 3.63) is 51.5 Å². The molecule has 0 N–H and O–H groups in total. The number of rotatable bonds is 1. The lowest BCUT2D eigenvalue weighted by atomic mass is 9.81. The highest BCUT2D eigenvalue weighted by molar-refractivity contribution is 7.19. The van der Waals surface area contributed by atoms with Gasteiger partial charge in [0.05, 0.1) is 0 Å². The molecule has 3 aromatic rings. The van der Waals surface area contributed by atoms with E-state index in [1.54, 1.807) is 16.0 Å². The van der Waals surface area contributed by atoms with Crippen molar-refractivity contribution in [2.75, 3.05) is 0 Å². The van der Waals surface area contributed by atoms with Crippen LogP contribution in [0.4, 0.5) is 0 Å². The van der Waals surface area contributed by atoms with Crippen LogP contribution in [0.5, 0.6) is 0 Å². The van der Waals surface area contributed by atoms with Crippen molar-refractivity contribution in [1.29, 1.82) is 0 Å². The number of hydrogen-bond donors (Lipinski definition) is 0. The zero-order valence-corrected chi connectivity index (χ0v) is 17.2. The summed E-state index contributed by atoms with van der Waals surface area (Å²) in [6, 6.07) is 9.11. The molecular weight excluding hydrogens is 358 g/mol. The number of nitrogens with zero attached hydrogens (tertiary/aromatic N) is 1. The lowest BCUT2D eigenvalue weighted by Gasteiger charge is -2.25. The number of thiophene rings is 1. The fourth-order valence-corrected chi connectivity index (χ4v) is 6.04. The second-order valence-electron chi connectivity index (χ2n) is 8.02. The molecule has 5 rings (SSSR count). The first kappa shape index (κ1) is 18.0. The Morgan fingerprint density at radius 3 is 2.77 bits per heavy atom. The van der Waals surface area contributed by atoms with Gasteiger partial charge in [-0.25, -0.2) is 4.98 Å². The normalized spacial score (nSPS) is 18.9. The van der Waals surface area contributed by atoms with Gasteiger partial charge < -0.3 is 0 Å². The second kappa shape index (κ2) is 6.98. The van der Waals surface area contributed by atoms with Gasteiger partial charge in [0.25, 0.3) is 0 Å². The average Bonchev–Trinajstić information content (AvgIpc) is 2.98. The van der Waals surface area contributed by atoms with Crippen molar-refractivity contribution in [2.24, 2.45) is 5.92 Å². The molecule has 0 fully saturated rings. The van der Waals surface area contributed by atoms with Gasteiger partial charge in [-0.15, -0.1) is 23.7 Å². The summed E-state index contributed by atoms with van der Waals surface area (Å²) in [5.74, 6) is 0.768. The van der Waals surface area contributed by atoms with E-state index in [4.69, 9.17) is 4.98 Å². The number of aromatic nitrogens is 1. The minimum absolute atomic E-state index is 0. The molecule has 2 aromatic heterocycles. The van der Waals surface area contributed by atoms with Crippen LogP contribution in [0.2, 0.25) is 0 Å². The van der Waals surface area contributed by atoms with E-state index in [1.807, 2.05) is 11.3 Å². The second-order valence-corrected chi connectivity index (χ2v) is 9.10. The third-order valence-electron chi connectivity index (χ3n) is 6.02. The number of fused-ring (bicyclic) bond motifs is 4. The number of benzene rings is 1. The molecule has 0 amide bonds. The molecule has 2 aliphatic carbocycles. The summed E-state index contributed by atoms with van der Waals surface area (Å²) in [5, 5.41) is 1.50. The molecule has 2 aliphatic rings. The zero-order valence-electron chi connectivity index (χ0n) is 15.6. The van der Waals surface area contributed by atoms with E-state index in [2.05, 4.69) is 38.1 Å². The lowest BCUT2D eigenvalue weighted by molar-refractivity contribution is 0.496. The van der Waals surface area contributed by atoms with Crippen molar-refractivity contribution in [3.8, 4) is 11.1 Å². The van der Waals surface area contributed by atoms with Gasteiger partial charge >= 0.3 is 0 Å². The summed E-state index contributed by atoms with van der Waals surface area (Å²) < 4.78 is 0.